The summed E-state index contributed by atoms with van der Waals surface area (Å²) in [5.74, 6) is -0.387. The van der Waals surface area contributed by atoms with Gasteiger partial charge in [0.25, 0.3) is 0 Å². The number of nitrogens with zero attached hydrogens (tertiary/aromatic N) is 1. The lowest BCUT2D eigenvalue weighted by atomic mass is 9.80. The van der Waals surface area contributed by atoms with Crippen LogP contribution >= 0.6 is 0 Å². The zero-order valence-corrected chi connectivity index (χ0v) is 16.9. The number of rotatable bonds is 4. The molecule has 3 atom stereocenters. The number of halogens is 1. The maximum absolute atomic E-state index is 13.5. The van der Waals surface area contributed by atoms with Crippen LogP contribution in [0.2, 0.25) is 0 Å². The summed E-state index contributed by atoms with van der Waals surface area (Å²) in [6, 6.07) is 11.4. The van der Waals surface area contributed by atoms with Crippen molar-refractivity contribution in [3.63, 3.8) is 0 Å². The number of esters is 1. The SMILES string of the molecule is O=C1/C=C/C(=O)ON2CC[C@@H](c3ccc(F)cc3)[C@H](COc3ccc4c(c3)OCO4)C2O1. The van der Waals surface area contributed by atoms with Crippen molar-refractivity contribution in [2.45, 2.75) is 18.6 Å². The second-order valence-corrected chi connectivity index (χ2v) is 7.65. The number of hydroxylamine groups is 2. The molecule has 5 rings (SSSR count). The highest BCUT2D eigenvalue weighted by Gasteiger charge is 2.44. The average molecular weight is 441 g/mol. The van der Waals surface area contributed by atoms with Gasteiger partial charge >= 0.3 is 11.9 Å². The zero-order chi connectivity index (χ0) is 22.1. The largest absolute Gasteiger partial charge is 0.493 e. The van der Waals surface area contributed by atoms with E-state index in [1.165, 1.54) is 17.2 Å². The maximum Gasteiger partial charge on any atom is 0.350 e. The van der Waals surface area contributed by atoms with E-state index < -0.39 is 24.1 Å². The molecule has 32 heavy (non-hydrogen) atoms. The molecule has 0 radical (unpaired) electrons. The van der Waals surface area contributed by atoms with E-state index in [4.69, 9.17) is 23.8 Å². The fourth-order valence-corrected chi connectivity index (χ4v) is 4.19. The Bertz CT molecular complexity index is 1050. The Hall–Kier alpha value is -3.59. The highest BCUT2D eigenvalue weighted by atomic mass is 19.1. The van der Waals surface area contributed by atoms with E-state index in [0.717, 1.165) is 17.7 Å². The monoisotopic (exact) mass is 441 g/mol. The highest BCUT2D eigenvalue weighted by molar-refractivity contribution is 5.92. The van der Waals surface area contributed by atoms with Crippen molar-refractivity contribution in [2.24, 2.45) is 5.92 Å². The van der Waals surface area contributed by atoms with Gasteiger partial charge in [0.1, 0.15) is 11.6 Å². The van der Waals surface area contributed by atoms with Crippen LogP contribution in [0.1, 0.15) is 17.9 Å². The molecule has 0 aromatic heterocycles. The standard InChI is InChI=1S/C23H20FNO7/c24-15-3-1-14(2-4-15)17-9-10-25-23(31-21(26)7-8-22(27)32-25)18(17)12-28-16-5-6-19-20(11-16)30-13-29-19/h1-8,11,17-18,23H,9-10,12-13H2/b8-7+/t17-,18-,23?/m0/s1. The van der Waals surface area contributed by atoms with Crippen LogP contribution in [0.25, 0.3) is 0 Å². The van der Waals surface area contributed by atoms with Crippen LogP contribution in [0.4, 0.5) is 4.39 Å². The molecule has 0 saturated carbocycles. The molecule has 1 saturated heterocycles. The smallest absolute Gasteiger partial charge is 0.350 e. The van der Waals surface area contributed by atoms with Crippen LogP contribution in [0.5, 0.6) is 17.2 Å². The fourth-order valence-electron chi connectivity index (χ4n) is 4.19. The summed E-state index contributed by atoms with van der Waals surface area (Å²) in [5, 5.41) is 1.37. The Labute approximate surface area is 183 Å². The number of fused-ring (bicyclic) bond motifs is 2. The molecule has 0 amide bonds. The van der Waals surface area contributed by atoms with Crippen LogP contribution in [0.15, 0.2) is 54.6 Å². The van der Waals surface area contributed by atoms with Crippen molar-refractivity contribution in [3.8, 4) is 17.2 Å². The molecular formula is C23H20FNO7. The van der Waals surface area contributed by atoms with Gasteiger partial charge in [-0.25, -0.2) is 14.0 Å². The van der Waals surface area contributed by atoms with E-state index >= 15 is 0 Å². The number of ether oxygens (including phenoxy) is 4. The number of benzene rings is 2. The van der Waals surface area contributed by atoms with Crippen molar-refractivity contribution < 1.29 is 37.8 Å². The van der Waals surface area contributed by atoms with Crippen LogP contribution in [0.3, 0.4) is 0 Å². The van der Waals surface area contributed by atoms with Crippen molar-refractivity contribution in [3.05, 3.63) is 66.0 Å². The first-order chi connectivity index (χ1) is 15.6. The van der Waals surface area contributed by atoms with Crippen LogP contribution in [-0.4, -0.2) is 43.2 Å². The van der Waals surface area contributed by atoms with Crippen molar-refractivity contribution >= 4 is 11.9 Å². The van der Waals surface area contributed by atoms with Crippen molar-refractivity contribution in [1.82, 2.24) is 5.06 Å². The lowest BCUT2D eigenvalue weighted by Gasteiger charge is -2.43. The van der Waals surface area contributed by atoms with Gasteiger partial charge in [-0.05, 0) is 42.2 Å². The van der Waals surface area contributed by atoms with E-state index in [1.807, 2.05) is 0 Å². The van der Waals surface area contributed by atoms with Gasteiger partial charge in [-0.3, -0.25) is 0 Å². The summed E-state index contributed by atoms with van der Waals surface area (Å²) in [4.78, 5) is 29.5. The fraction of sp³-hybridized carbons (Fsp3) is 0.304. The quantitative estimate of drug-likeness (QED) is 0.670. The van der Waals surface area contributed by atoms with Crippen LogP contribution in [0, 0.1) is 11.7 Å². The summed E-state index contributed by atoms with van der Waals surface area (Å²) in [5.41, 5.74) is 0.880. The van der Waals surface area contributed by atoms with Gasteiger partial charge in [0.2, 0.25) is 6.79 Å². The molecule has 8 nitrogen and oxygen atoms in total. The first-order valence-corrected chi connectivity index (χ1v) is 10.2. The zero-order valence-electron chi connectivity index (χ0n) is 16.9. The van der Waals surface area contributed by atoms with Gasteiger partial charge in [0.05, 0.1) is 12.5 Å². The number of carbonyl (C=O) groups is 2. The number of piperidine rings is 1. The minimum atomic E-state index is -0.866. The molecule has 1 fully saturated rings. The molecule has 9 heteroatoms. The van der Waals surface area contributed by atoms with Gasteiger partial charge in [-0.2, -0.15) is 0 Å². The molecule has 2 aromatic carbocycles. The first-order valence-electron chi connectivity index (χ1n) is 10.2. The van der Waals surface area contributed by atoms with E-state index in [-0.39, 0.29) is 25.1 Å². The molecule has 3 aliphatic rings. The minimum absolute atomic E-state index is 0.124. The van der Waals surface area contributed by atoms with Gasteiger partial charge < -0.3 is 23.8 Å². The Balaban J connectivity index is 1.43. The number of hydrogen-bond acceptors (Lipinski definition) is 8. The highest BCUT2D eigenvalue weighted by Crippen LogP contribution is 2.40. The Morgan fingerprint density at radius 3 is 2.62 bits per heavy atom. The lowest BCUT2D eigenvalue weighted by Crippen LogP contribution is -2.53. The third-order valence-electron chi connectivity index (χ3n) is 5.71. The summed E-state index contributed by atoms with van der Waals surface area (Å²) < 4.78 is 35.9. The van der Waals surface area contributed by atoms with E-state index in [0.29, 0.717) is 30.2 Å². The average Bonchev–Trinajstić information content (AvgIpc) is 3.25. The topological polar surface area (TPSA) is 83.5 Å². The second-order valence-electron chi connectivity index (χ2n) is 7.65. The Kier molecular flexibility index (Phi) is 5.40. The van der Waals surface area contributed by atoms with Gasteiger partial charge in [0.15, 0.2) is 17.7 Å². The van der Waals surface area contributed by atoms with Crippen molar-refractivity contribution in [2.75, 3.05) is 19.9 Å². The normalized spacial score (nSPS) is 25.7. The van der Waals surface area contributed by atoms with Crippen molar-refractivity contribution in [1.29, 1.82) is 0 Å². The Morgan fingerprint density at radius 1 is 1.00 bits per heavy atom. The number of hydrogen-bond donors (Lipinski definition) is 0. The molecule has 2 aromatic rings. The van der Waals surface area contributed by atoms with Gasteiger partial charge in [0, 0.05) is 24.8 Å². The summed E-state index contributed by atoms with van der Waals surface area (Å²) in [6.07, 6.45) is 1.79. The predicted octanol–water partition coefficient (Wildman–Crippen LogP) is 2.94. The first kappa shape index (κ1) is 20.3. The van der Waals surface area contributed by atoms with Gasteiger partial charge in [-0.1, -0.05) is 17.2 Å². The molecule has 1 unspecified atom stereocenters. The molecule has 0 aliphatic carbocycles. The van der Waals surface area contributed by atoms with E-state index in [2.05, 4.69) is 0 Å². The van der Waals surface area contributed by atoms with E-state index in [9.17, 15) is 14.0 Å². The molecule has 0 N–H and O–H groups in total. The second kappa shape index (κ2) is 8.51. The predicted molar refractivity (Wildman–Crippen MR) is 107 cm³/mol. The Morgan fingerprint density at radius 2 is 1.78 bits per heavy atom. The summed E-state index contributed by atoms with van der Waals surface area (Å²) in [7, 11) is 0. The van der Waals surface area contributed by atoms with Gasteiger partial charge in [-0.15, -0.1) is 0 Å². The molecule has 166 valence electrons. The minimum Gasteiger partial charge on any atom is -0.493 e. The third-order valence-corrected chi connectivity index (χ3v) is 5.71. The van der Waals surface area contributed by atoms with Crippen LogP contribution in [-0.2, 0) is 19.2 Å². The molecule has 0 spiro atoms. The summed E-state index contributed by atoms with van der Waals surface area (Å²) in [6.45, 7) is 0.650. The third kappa shape index (κ3) is 4.11. The molecular weight excluding hydrogens is 421 g/mol. The van der Waals surface area contributed by atoms with Crippen LogP contribution < -0.4 is 14.2 Å². The molecule has 3 heterocycles. The summed E-state index contributed by atoms with van der Waals surface area (Å²) >= 11 is 0. The lowest BCUT2D eigenvalue weighted by molar-refractivity contribution is -0.264. The molecule has 3 aliphatic heterocycles. The van der Waals surface area contributed by atoms with E-state index in [1.54, 1.807) is 30.3 Å². The maximum atomic E-state index is 13.5. The number of carbonyl (C=O) groups excluding carboxylic acids is 2. The molecule has 0 bridgehead atoms.